The van der Waals surface area contributed by atoms with Crippen molar-refractivity contribution < 1.29 is 1.43 Å². The van der Waals surface area contributed by atoms with E-state index >= 15 is 0 Å². The average molecular weight is 473 g/mol. The zero-order chi connectivity index (χ0) is 25.1. The predicted octanol–water partition coefficient (Wildman–Crippen LogP) is 11.4. The lowest BCUT2D eigenvalue weighted by atomic mass is 9.46. The highest BCUT2D eigenvalue weighted by Crippen LogP contribution is 2.68. The summed E-state index contributed by atoms with van der Waals surface area (Å²) in [6, 6.07) is 0. The van der Waals surface area contributed by atoms with Crippen LogP contribution in [0.5, 0.6) is 0 Å². The molecule has 4 unspecified atom stereocenters. The van der Waals surface area contributed by atoms with Crippen LogP contribution in [-0.4, -0.2) is 0 Å². The molecule has 3 fully saturated rings. The van der Waals surface area contributed by atoms with Crippen LogP contribution in [-0.2, 0) is 0 Å². The molecule has 0 spiro atoms. The molecule has 4 aliphatic carbocycles. The molecule has 0 N–H and O–H groups in total. The van der Waals surface area contributed by atoms with Gasteiger partial charge in [-0.25, -0.2) is 0 Å². The van der Waals surface area contributed by atoms with Crippen molar-refractivity contribution in [1.29, 1.82) is 0 Å². The van der Waals surface area contributed by atoms with Crippen molar-refractivity contribution in [3.05, 3.63) is 11.6 Å². The molecule has 0 radical (unpaired) electrons. The maximum Gasteiger partial charge on any atom is 0 e. The van der Waals surface area contributed by atoms with Crippen LogP contribution in [0.2, 0.25) is 0 Å². The van der Waals surface area contributed by atoms with Crippen molar-refractivity contribution in [2.45, 2.75) is 146 Å². The van der Waals surface area contributed by atoms with Crippen LogP contribution in [0, 0.1) is 58.2 Å². The van der Waals surface area contributed by atoms with Crippen LogP contribution in [0.1, 0.15) is 147 Å². The molecule has 3 saturated carbocycles. The van der Waals surface area contributed by atoms with E-state index in [-0.39, 0.29) is 1.43 Å². The van der Waals surface area contributed by atoms with Crippen molar-refractivity contribution in [2.24, 2.45) is 58.2 Å². The van der Waals surface area contributed by atoms with Crippen LogP contribution < -0.4 is 0 Å². The maximum atomic E-state index is 2.77. The topological polar surface area (TPSA) is 0 Å². The van der Waals surface area contributed by atoms with Crippen LogP contribution in [0.25, 0.3) is 0 Å². The normalized spacial score (nSPS) is 40.1. The molecule has 0 aliphatic heterocycles. The molecule has 4 aliphatic rings. The number of hydrogen-bond donors (Lipinski definition) is 0. The van der Waals surface area contributed by atoms with Gasteiger partial charge in [0.05, 0.1) is 0 Å². The summed E-state index contributed by atoms with van der Waals surface area (Å²) in [6.07, 6.45) is 21.8. The van der Waals surface area contributed by atoms with E-state index in [1.165, 1.54) is 70.6 Å². The molecule has 4 rings (SSSR count). The Balaban J connectivity index is 0.000000656. The Morgan fingerprint density at radius 1 is 0.912 bits per heavy atom. The Morgan fingerprint density at radius 3 is 2.24 bits per heavy atom. The van der Waals surface area contributed by atoms with Gasteiger partial charge in [0, 0.05) is 1.43 Å². The van der Waals surface area contributed by atoms with E-state index < -0.39 is 0 Å². The van der Waals surface area contributed by atoms with Crippen molar-refractivity contribution in [1.82, 2.24) is 0 Å². The molecule has 200 valence electrons. The van der Waals surface area contributed by atoms with Gasteiger partial charge in [-0.3, -0.25) is 0 Å². The number of fused-ring (bicyclic) bond motifs is 5. The van der Waals surface area contributed by atoms with E-state index in [0.29, 0.717) is 10.8 Å². The Labute approximate surface area is 217 Å². The number of rotatable bonds is 7. The Bertz CT molecular complexity index is 662. The van der Waals surface area contributed by atoms with Crippen LogP contribution in [0.3, 0.4) is 0 Å². The Morgan fingerprint density at radius 2 is 1.62 bits per heavy atom. The standard InChI is InChI=1S/C29H50.C5H12.H2/c1-7-29-18-16-26-24(12-11-23-19-21(4)15-17-28(23,26)6)27(29)14-13-25(29)22(5)10-8-9-20(2)3;1-4-5(2)3;/h11,20-22,24-27H,7-10,12-19H2,1-6H3;5H,4H2,1-3H3;1H/t21-,22+,24?,25+,26?,27?,28-,29?;;/m0../s1. The van der Waals surface area contributed by atoms with Gasteiger partial charge >= 0.3 is 0 Å². The van der Waals surface area contributed by atoms with E-state index in [2.05, 4.69) is 68.4 Å². The largest absolute Gasteiger partial charge is 0.0845 e. The molecular weight excluding hydrogens is 408 g/mol. The highest BCUT2D eigenvalue weighted by atomic mass is 14.6. The molecule has 0 saturated heterocycles. The van der Waals surface area contributed by atoms with Crippen molar-refractivity contribution in [3.8, 4) is 0 Å². The Kier molecular flexibility index (Phi) is 9.87. The summed E-state index contributed by atoms with van der Waals surface area (Å²) in [5.74, 6) is 7.65. The zero-order valence-electron chi connectivity index (χ0n) is 24.9. The Hall–Kier alpha value is -0.260. The van der Waals surface area contributed by atoms with Gasteiger partial charge in [-0.2, -0.15) is 0 Å². The highest BCUT2D eigenvalue weighted by Gasteiger charge is 2.60. The molecule has 0 bridgehead atoms. The van der Waals surface area contributed by atoms with Crippen LogP contribution >= 0.6 is 0 Å². The molecule has 0 aromatic carbocycles. The lowest BCUT2D eigenvalue weighted by Gasteiger charge is -2.59. The van der Waals surface area contributed by atoms with Gasteiger partial charge < -0.3 is 0 Å². The minimum absolute atomic E-state index is 0. The molecule has 0 heteroatoms. The summed E-state index contributed by atoms with van der Waals surface area (Å²) in [6.45, 7) is 21.8. The summed E-state index contributed by atoms with van der Waals surface area (Å²) in [5, 5.41) is 0. The summed E-state index contributed by atoms with van der Waals surface area (Å²) >= 11 is 0. The van der Waals surface area contributed by atoms with E-state index in [4.69, 9.17) is 0 Å². The zero-order valence-corrected chi connectivity index (χ0v) is 24.9. The van der Waals surface area contributed by atoms with Gasteiger partial charge in [0.2, 0.25) is 0 Å². The molecular formula is C34H64. The van der Waals surface area contributed by atoms with Crippen LogP contribution in [0.15, 0.2) is 11.6 Å². The fraction of sp³-hybridized carbons (Fsp3) is 0.941. The third kappa shape index (κ3) is 5.67. The fourth-order valence-electron chi connectivity index (χ4n) is 9.30. The van der Waals surface area contributed by atoms with Gasteiger partial charge in [-0.1, -0.05) is 99.6 Å². The van der Waals surface area contributed by atoms with Gasteiger partial charge in [-0.15, -0.1) is 0 Å². The van der Waals surface area contributed by atoms with Gasteiger partial charge in [-0.05, 0) is 116 Å². The first-order valence-electron chi connectivity index (χ1n) is 15.8. The van der Waals surface area contributed by atoms with Crippen LogP contribution in [0.4, 0.5) is 0 Å². The second-order valence-electron chi connectivity index (χ2n) is 14.5. The minimum Gasteiger partial charge on any atom is -0.0845 e. The molecule has 0 aromatic rings. The van der Waals surface area contributed by atoms with Gasteiger partial charge in [0.15, 0.2) is 0 Å². The molecule has 0 amide bonds. The molecule has 8 atom stereocenters. The summed E-state index contributed by atoms with van der Waals surface area (Å²) in [4.78, 5) is 0. The van der Waals surface area contributed by atoms with E-state index in [1.54, 1.807) is 12.8 Å². The second kappa shape index (κ2) is 11.9. The maximum absolute atomic E-state index is 2.77. The second-order valence-corrected chi connectivity index (χ2v) is 14.5. The highest BCUT2D eigenvalue weighted by molar-refractivity contribution is 5.25. The summed E-state index contributed by atoms with van der Waals surface area (Å²) in [7, 11) is 0. The predicted molar refractivity (Wildman–Crippen MR) is 154 cm³/mol. The molecule has 34 heavy (non-hydrogen) atoms. The van der Waals surface area contributed by atoms with Gasteiger partial charge in [0.25, 0.3) is 0 Å². The third-order valence-corrected chi connectivity index (χ3v) is 11.7. The monoisotopic (exact) mass is 473 g/mol. The van der Waals surface area contributed by atoms with E-state index in [0.717, 1.165) is 47.3 Å². The van der Waals surface area contributed by atoms with E-state index in [9.17, 15) is 0 Å². The minimum atomic E-state index is 0. The lowest BCUT2D eigenvalue weighted by Crippen LogP contribution is -2.51. The van der Waals surface area contributed by atoms with Gasteiger partial charge in [0.1, 0.15) is 0 Å². The third-order valence-electron chi connectivity index (χ3n) is 11.7. The quantitative estimate of drug-likeness (QED) is 0.323. The molecule has 0 aromatic heterocycles. The van der Waals surface area contributed by atoms with Crippen molar-refractivity contribution in [2.75, 3.05) is 0 Å². The fourth-order valence-corrected chi connectivity index (χ4v) is 9.30. The van der Waals surface area contributed by atoms with Crippen molar-refractivity contribution in [3.63, 3.8) is 0 Å². The summed E-state index contributed by atoms with van der Waals surface area (Å²) in [5.41, 5.74) is 3.11. The summed E-state index contributed by atoms with van der Waals surface area (Å²) < 4.78 is 0. The average Bonchev–Trinajstić information content (AvgIpc) is 3.20. The van der Waals surface area contributed by atoms with E-state index in [1.807, 2.05) is 5.57 Å². The molecule has 0 heterocycles. The first-order valence-corrected chi connectivity index (χ1v) is 15.8. The first-order chi connectivity index (χ1) is 16.1. The smallest absolute Gasteiger partial charge is 0 e. The lowest BCUT2D eigenvalue weighted by molar-refractivity contribution is -0.0642. The molecule has 0 nitrogen and oxygen atoms in total. The first kappa shape index (κ1) is 28.3. The SMILES string of the molecule is CCC(C)C.CCC12CCC3C(CC=C4C[C@@H](C)CC[C@@]43C)C1CC[C@@H]2[C@H](C)CCCC(C)C.[HH]. The number of allylic oxidation sites excluding steroid dienone is 2. The number of hydrogen-bond acceptors (Lipinski definition) is 0. The van der Waals surface area contributed by atoms with Crippen molar-refractivity contribution >= 4 is 0 Å².